The molecule has 3 rings (SSSR count). The molecule has 0 radical (unpaired) electrons. The second kappa shape index (κ2) is 10.4. The molecule has 168 valence electrons. The molecule has 1 amide bonds. The predicted octanol–water partition coefficient (Wildman–Crippen LogP) is 5.47. The topological polar surface area (TPSA) is 72.9 Å². The Morgan fingerprint density at radius 2 is 1.72 bits per heavy atom. The number of nitrogens with zero attached hydrogens (tertiary/aromatic N) is 1. The van der Waals surface area contributed by atoms with Crippen LogP contribution in [0.3, 0.4) is 0 Å². The predicted molar refractivity (Wildman–Crippen MR) is 128 cm³/mol. The van der Waals surface area contributed by atoms with Crippen molar-refractivity contribution in [3.8, 4) is 11.5 Å². The summed E-state index contributed by atoms with van der Waals surface area (Å²) in [4.78, 5) is 13.1. The van der Waals surface area contributed by atoms with Crippen LogP contribution < -0.4 is 13.8 Å². The number of halogens is 2. The lowest BCUT2D eigenvalue weighted by atomic mass is 10.2. The van der Waals surface area contributed by atoms with Crippen molar-refractivity contribution in [2.24, 2.45) is 0 Å². The van der Waals surface area contributed by atoms with Crippen molar-refractivity contribution in [1.29, 1.82) is 0 Å². The Morgan fingerprint density at radius 1 is 1.03 bits per heavy atom. The average Bonchev–Trinajstić information content (AvgIpc) is 2.79. The molecule has 6 nitrogen and oxygen atoms in total. The van der Waals surface area contributed by atoms with Gasteiger partial charge >= 0.3 is 0 Å². The summed E-state index contributed by atoms with van der Waals surface area (Å²) in [6.07, 6.45) is 0.846. The lowest BCUT2D eigenvalue weighted by molar-refractivity contribution is -0.119. The Labute approximate surface area is 200 Å². The molecule has 0 aliphatic rings. The molecule has 0 spiro atoms. The number of hydrogen-bond acceptors (Lipinski definition) is 5. The van der Waals surface area contributed by atoms with Crippen LogP contribution in [-0.2, 0) is 21.2 Å². The van der Waals surface area contributed by atoms with E-state index in [1.54, 1.807) is 24.3 Å². The SMILES string of the molecule is CCc1ccc(OCC(=O)N(c2ccc(OC)c(Cl)c2)S(=O)(=O)c2ccccc2)c(Br)c1. The zero-order valence-corrected chi connectivity index (χ0v) is 20.6. The summed E-state index contributed by atoms with van der Waals surface area (Å²) in [6, 6.07) is 17.5. The number of carbonyl (C=O) groups is 1. The fourth-order valence-electron chi connectivity index (χ4n) is 2.98. The van der Waals surface area contributed by atoms with Gasteiger partial charge in [0.2, 0.25) is 0 Å². The molecule has 0 saturated carbocycles. The van der Waals surface area contributed by atoms with Crippen LogP contribution in [0, 0.1) is 0 Å². The quantitative estimate of drug-likeness (QED) is 0.380. The second-order valence-electron chi connectivity index (χ2n) is 6.70. The van der Waals surface area contributed by atoms with Gasteiger partial charge < -0.3 is 9.47 Å². The van der Waals surface area contributed by atoms with Crippen LogP contribution in [0.15, 0.2) is 76.1 Å². The van der Waals surface area contributed by atoms with E-state index in [0.29, 0.717) is 20.3 Å². The molecule has 0 unspecified atom stereocenters. The minimum Gasteiger partial charge on any atom is -0.495 e. The standard InChI is InChI=1S/C23H21BrClNO5S/c1-3-16-9-11-21(19(24)13-16)31-15-23(27)26(17-10-12-22(30-2)20(25)14-17)32(28,29)18-7-5-4-6-8-18/h4-14H,3,15H2,1-2H3. The van der Waals surface area contributed by atoms with E-state index < -0.39 is 22.5 Å². The summed E-state index contributed by atoms with van der Waals surface area (Å²) in [5.74, 6) is 0.0121. The molecule has 0 aliphatic heterocycles. The van der Waals surface area contributed by atoms with Crippen LogP contribution in [-0.4, -0.2) is 28.0 Å². The van der Waals surface area contributed by atoms with Gasteiger partial charge in [0.05, 0.1) is 27.2 Å². The van der Waals surface area contributed by atoms with Crippen LogP contribution in [0.2, 0.25) is 5.02 Å². The summed E-state index contributed by atoms with van der Waals surface area (Å²) in [6.45, 7) is 1.53. The molecule has 0 aromatic heterocycles. The van der Waals surface area contributed by atoms with Gasteiger partial charge in [0, 0.05) is 0 Å². The van der Waals surface area contributed by atoms with Crippen LogP contribution in [0.1, 0.15) is 12.5 Å². The van der Waals surface area contributed by atoms with Crippen LogP contribution >= 0.6 is 27.5 Å². The normalized spacial score (nSPS) is 11.1. The highest BCUT2D eigenvalue weighted by Gasteiger charge is 2.32. The first-order valence-corrected chi connectivity index (χ1v) is 12.3. The number of anilines is 1. The molecular formula is C23H21BrClNO5S. The third kappa shape index (κ3) is 5.26. The molecule has 0 saturated heterocycles. The molecule has 0 aliphatic carbocycles. The first kappa shape index (κ1) is 24.1. The van der Waals surface area contributed by atoms with Crippen molar-refractivity contribution in [2.75, 3.05) is 18.0 Å². The van der Waals surface area contributed by atoms with Gasteiger partial charge in [0.15, 0.2) is 6.61 Å². The van der Waals surface area contributed by atoms with Crippen molar-refractivity contribution in [3.63, 3.8) is 0 Å². The van der Waals surface area contributed by atoms with E-state index in [9.17, 15) is 13.2 Å². The van der Waals surface area contributed by atoms with E-state index in [-0.39, 0.29) is 15.6 Å². The van der Waals surface area contributed by atoms with Gasteiger partial charge in [0.1, 0.15) is 11.5 Å². The number of ether oxygens (including phenoxy) is 2. The molecule has 32 heavy (non-hydrogen) atoms. The summed E-state index contributed by atoms with van der Waals surface area (Å²) >= 11 is 9.62. The van der Waals surface area contributed by atoms with E-state index in [1.165, 1.54) is 37.4 Å². The van der Waals surface area contributed by atoms with Gasteiger partial charge in [-0.15, -0.1) is 0 Å². The summed E-state index contributed by atoms with van der Waals surface area (Å²) in [5, 5.41) is 0.171. The highest BCUT2D eigenvalue weighted by molar-refractivity contribution is 9.10. The van der Waals surface area contributed by atoms with E-state index in [1.807, 2.05) is 19.1 Å². The maximum absolute atomic E-state index is 13.4. The molecule has 0 N–H and O–H groups in total. The minimum atomic E-state index is -4.22. The molecule has 0 heterocycles. The zero-order valence-electron chi connectivity index (χ0n) is 17.4. The monoisotopic (exact) mass is 537 g/mol. The summed E-state index contributed by atoms with van der Waals surface area (Å²) in [5.41, 5.74) is 1.17. The Bertz CT molecular complexity index is 1220. The highest BCUT2D eigenvalue weighted by atomic mass is 79.9. The molecule has 0 bridgehead atoms. The number of hydrogen-bond donors (Lipinski definition) is 0. The molecule has 3 aromatic rings. The first-order valence-electron chi connectivity index (χ1n) is 9.66. The zero-order chi connectivity index (χ0) is 23.3. The average molecular weight is 539 g/mol. The van der Waals surface area contributed by atoms with E-state index in [2.05, 4.69) is 15.9 Å². The Kier molecular flexibility index (Phi) is 7.82. The number of benzene rings is 3. The fraction of sp³-hybridized carbons (Fsp3) is 0.174. The molecule has 0 atom stereocenters. The third-order valence-corrected chi connectivity index (χ3v) is 7.31. The van der Waals surface area contributed by atoms with Crippen molar-refractivity contribution >= 4 is 49.1 Å². The molecule has 3 aromatic carbocycles. The van der Waals surface area contributed by atoms with Crippen molar-refractivity contribution in [3.05, 3.63) is 81.8 Å². The lowest BCUT2D eigenvalue weighted by Gasteiger charge is -2.23. The number of methoxy groups -OCH3 is 1. The number of aryl methyl sites for hydroxylation is 1. The third-order valence-electron chi connectivity index (χ3n) is 4.63. The summed E-state index contributed by atoms with van der Waals surface area (Å²) < 4.78 is 38.9. The molecule has 9 heteroatoms. The van der Waals surface area contributed by atoms with Gasteiger partial charge in [0.25, 0.3) is 15.9 Å². The smallest absolute Gasteiger partial charge is 0.278 e. The van der Waals surface area contributed by atoms with E-state index in [4.69, 9.17) is 21.1 Å². The Balaban J connectivity index is 1.97. The van der Waals surface area contributed by atoms with Crippen molar-refractivity contribution in [2.45, 2.75) is 18.2 Å². The Morgan fingerprint density at radius 3 is 2.31 bits per heavy atom. The van der Waals surface area contributed by atoms with Gasteiger partial charge in [-0.25, -0.2) is 8.42 Å². The number of carbonyl (C=O) groups excluding carboxylic acids is 1. The number of sulfonamides is 1. The van der Waals surface area contributed by atoms with Crippen molar-refractivity contribution in [1.82, 2.24) is 0 Å². The van der Waals surface area contributed by atoms with Crippen LogP contribution in [0.4, 0.5) is 5.69 Å². The molecule has 0 fully saturated rings. The first-order chi connectivity index (χ1) is 15.3. The van der Waals surface area contributed by atoms with Crippen LogP contribution in [0.25, 0.3) is 0 Å². The van der Waals surface area contributed by atoms with Gasteiger partial charge in [-0.05, 0) is 70.4 Å². The van der Waals surface area contributed by atoms with Crippen molar-refractivity contribution < 1.29 is 22.7 Å². The number of amides is 1. The van der Waals surface area contributed by atoms with Gasteiger partial charge in [-0.3, -0.25) is 4.79 Å². The minimum absolute atomic E-state index is 0.0335. The maximum atomic E-state index is 13.4. The van der Waals surface area contributed by atoms with E-state index in [0.717, 1.165) is 12.0 Å². The van der Waals surface area contributed by atoms with E-state index >= 15 is 0 Å². The van der Waals surface area contributed by atoms with Crippen LogP contribution in [0.5, 0.6) is 11.5 Å². The second-order valence-corrected chi connectivity index (χ2v) is 9.75. The fourth-order valence-corrected chi connectivity index (χ4v) is 5.19. The largest absolute Gasteiger partial charge is 0.495 e. The maximum Gasteiger partial charge on any atom is 0.278 e. The molecular weight excluding hydrogens is 518 g/mol. The van der Waals surface area contributed by atoms with Gasteiger partial charge in [-0.2, -0.15) is 4.31 Å². The summed E-state index contributed by atoms with van der Waals surface area (Å²) in [7, 11) is -2.78. The van der Waals surface area contributed by atoms with Gasteiger partial charge in [-0.1, -0.05) is 42.8 Å². The number of rotatable bonds is 8. The lowest BCUT2D eigenvalue weighted by Crippen LogP contribution is -2.40. The highest BCUT2D eigenvalue weighted by Crippen LogP contribution is 2.32. The Hall–Kier alpha value is -2.55.